The van der Waals surface area contributed by atoms with Gasteiger partial charge in [0.1, 0.15) is 11.5 Å². The molecule has 7 heteroatoms. The molecule has 29 heavy (non-hydrogen) atoms. The van der Waals surface area contributed by atoms with Crippen LogP contribution in [0.1, 0.15) is 22.5 Å². The number of rotatable bonds is 4. The molecule has 146 valence electrons. The lowest BCUT2D eigenvalue weighted by Gasteiger charge is -2.13. The fourth-order valence-electron chi connectivity index (χ4n) is 3.55. The maximum absolute atomic E-state index is 12.8. The molecule has 0 atom stereocenters. The van der Waals surface area contributed by atoms with Crippen LogP contribution in [0.5, 0.6) is 0 Å². The lowest BCUT2D eigenvalue weighted by molar-refractivity contribution is -0.111. The summed E-state index contributed by atoms with van der Waals surface area (Å²) in [7, 11) is 0. The average Bonchev–Trinajstić information content (AvgIpc) is 3.11. The van der Waals surface area contributed by atoms with Gasteiger partial charge in [0.15, 0.2) is 0 Å². The fourth-order valence-corrected chi connectivity index (χ4v) is 3.67. The van der Waals surface area contributed by atoms with Gasteiger partial charge in [-0.15, -0.1) is 0 Å². The third-order valence-corrected chi connectivity index (χ3v) is 5.23. The van der Waals surface area contributed by atoms with E-state index in [-0.39, 0.29) is 12.1 Å². The predicted octanol–water partition coefficient (Wildman–Crippen LogP) is 4.60. The van der Waals surface area contributed by atoms with Crippen molar-refractivity contribution in [2.75, 3.05) is 4.90 Å². The molecule has 6 nitrogen and oxygen atoms in total. The lowest BCUT2D eigenvalue weighted by atomic mass is 10.1. The van der Waals surface area contributed by atoms with E-state index in [9.17, 15) is 9.59 Å². The first-order chi connectivity index (χ1) is 13.8. The number of aryl methyl sites for hydroxylation is 2. The van der Waals surface area contributed by atoms with Gasteiger partial charge in [0.05, 0.1) is 5.69 Å². The van der Waals surface area contributed by atoms with Gasteiger partial charge in [0, 0.05) is 29.0 Å². The third kappa shape index (κ3) is 3.47. The number of carbonyl (C=O) groups is 2. The van der Waals surface area contributed by atoms with Crippen LogP contribution in [0, 0.1) is 20.8 Å². The van der Waals surface area contributed by atoms with Gasteiger partial charge < -0.3 is 4.57 Å². The minimum absolute atomic E-state index is 0.224. The van der Waals surface area contributed by atoms with E-state index in [1.807, 2.05) is 43.5 Å². The number of hydrogen-bond acceptors (Lipinski definition) is 3. The van der Waals surface area contributed by atoms with Crippen molar-refractivity contribution in [3.63, 3.8) is 0 Å². The Balaban J connectivity index is 1.63. The van der Waals surface area contributed by atoms with Gasteiger partial charge in [-0.05, 0) is 74.4 Å². The zero-order chi connectivity index (χ0) is 20.7. The molecule has 0 bridgehead atoms. The Morgan fingerprint density at radius 3 is 2.41 bits per heavy atom. The number of aliphatic imine (C=N–C) groups is 1. The summed E-state index contributed by atoms with van der Waals surface area (Å²) in [6.45, 7) is 5.98. The first-order valence-electron chi connectivity index (χ1n) is 9.17. The highest BCUT2D eigenvalue weighted by molar-refractivity contribution is 6.54. The maximum atomic E-state index is 12.8. The predicted molar refractivity (Wildman–Crippen MR) is 113 cm³/mol. The van der Waals surface area contributed by atoms with Crippen LogP contribution in [-0.4, -0.2) is 27.2 Å². The Hall–Kier alpha value is -3.25. The van der Waals surface area contributed by atoms with Crippen LogP contribution in [0.4, 0.5) is 10.5 Å². The zero-order valence-electron chi connectivity index (χ0n) is 16.3. The Bertz CT molecular complexity index is 1160. The van der Waals surface area contributed by atoms with E-state index in [2.05, 4.69) is 9.98 Å². The van der Waals surface area contributed by atoms with Gasteiger partial charge in [-0.25, -0.2) is 14.7 Å². The number of benzene rings is 1. The molecule has 1 aliphatic rings. The molecule has 3 amide bonds. The second-order valence-corrected chi connectivity index (χ2v) is 7.49. The molecule has 0 aliphatic carbocycles. The van der Waals surface area contributed by atoms with E-state index in [1.54, 1.807) is 30.5 Å². The number of hydrogen-bond donors (Lipinski definition) is 0. The van der Waals surface area contributed by atoms with Gasteiger partial charge >= 0.3 is 6.03 Å². The van der Waals surface area contributed by atoms with Crippen molar-refractivity contribution >= 4 is 34.9 Å². The molecule has 4 rings (SSSR count). The topological polar surface area (TPSA) is 67.6 Å². The van der Waals surface area contributed by atoms with E-state index in [0.29, 0.717) is 10.7 Å². The van der Waals surface area contributed by atoms with Crippen molar-refractivity contribution in [3.8, 4) is 5.82 Å². The van der Waals surface area contributed by atoms with E-state index < -0.39 is 11.9 Å². The largest absolute Gasteiger partial charge is 0.355 e. The number of anilines is 1. The normalized spacial score (nSPS) is 13.9. The molecule has 0 N–H and O–H groups in total. The Morgan fingerprint density at radius 2 is 1.72 bits per heavy atom. The standard InChI is InChI=1S/C22H19ClN4O2/c1-13-8-9-24-20(10-13)26-14(2)11-16(15(26)3)12-19-21(28)27(22(29)25-19)18-6-4-17(23)5-7-18/h4-11H,12H2,1-3H3. The van der Waals surface area contributed by atoms with Gasteiger partial charge in [-0.3, -0.25) is 4.79 Å². The first-order valence-corrected chi connectivity index (χ1v) is 9.55. The van der Waals surface area contributed by atoms with Gasteiger partial charge in [-0.1, -0.05) is 11.6 Å². The number of nitrogens with zero attached hydrogens (tertiary/aromatic N) is 4. The summed E-state index contributed by atoms with van der Waals surface area (Å²) >= 11 is 5.90. The Morgan fingerprint density at radius 1 is 1.00 bits per heavy atom. The number of imide groups is 1. The van der Waals surface area contributed by atoms with Crippen molar-refractivity contribution in [3.05, 3.63) is 76.2 Å². The molecule has 3 aromatic rings. The Kier molecular flexibility index (Phi) is 4.80. The number of halogens is 1. The van der Waals surface area contributed by atoms with Crippen molar-refractivity contribution in [1.29, 1.82) is 0 Å². The molecule has 0 fully saturated rings. The molecule has 0 saturated heterocycles. The summed E-state index contributed by atoms with van der Waals surface area (Å²) in [6.07, 6.45) is 2.05. The summed E-state index contributed by atoms with van der Waals surface area (Å²) in [4.78, 5) is 34.7. The molecule has 0 saturated carbocycles. The SMILES string of the molecule is Cc1ccnc(-n2c(C)cc(CC3=NC(=O)N(c4ccc(Cl)cc4)C3=O)c2C)c1. The molecular weight excluding hydrogens is 388 g/mol. The fraction of sp³-hybridized carbons (Fsp3) is 0.182. The summed E-state index contributed by atoms with van der Waals surface area (Å²) in [5.41, 5.74) is 4.70. The number of pyridine rings is 1. The van der Waals surface area contributed by atoms with Crippen LogP contribution in [0.25, 0.3) is 5.82 Å². The summed E-state index contributed by atoms with van der Waals surface area (Å²) in [6, 6.07) is 11.9. The maximum Gasteiger partial charge on any atom is 0.355 e. The van der Waals surface area contributed by atoms with Gasteiger partial charge in [0.25, 0.3) is 5.91 Å². The van der Waals surface area contributed by atoms with Gasteiger partial charge in [0.2, 0.25) is 0 Å². The van der Waals surface area contributed by atoms with Crippen LogP contribution in [0.2, 0.25) is 5.02 Å². The summed E-state index contributed by atoms with van der Waals surface area (Å²) in [5, 5.41) is 0.534. The van der Waals surface area contributed by atoms with E-state index >= 15 is 0 Å². The van der Waals surface area contributed by atoms with Crippen molar-refractivity contribution in [2.45, 2.75) is 27.2 Å². The summed E-state index contributed by atoms with van der Waals surface area (Å²) in [5.74, 6) is 0.417. The molecule has 0 spiro atoms. The lowest BCUT2D eigenvalue weighted by Crippen LogP contribution is -2.33. The third-order valence-electron chi connectivity index (χ3n) is 4.98. The van der Waals surface area contributed by atoms with Crippen molar-refractivity contribution < 1.29 is 9.59 Å². The molecule has 0 unspecified atom stereocenters. The minimum atomic E-state index is -0.582. The first kappa shape index (κ1) is 19.1. The quantitative estimate of drug-likeness (QED) is 0.635. The number of carbonyl (C=O) groups excluding carboxylic acids is 2. The summed E-state index contributed by atoms with van der Waals surface area (Å²) < 4.78 is 2.04. The van der Waals surface area contributed by atoms with E-state index in [0.717, 1.165) is 33.2 Å². The van der Waals surface area contributed by atoms with Crippen molar-refractivity contribution in [1.82, 2.24) is 9.55 Å². The van der Waals surface area contributed by atoms with E-state index in [1.165, 1.54) is 0 Å². The number of aromatic nitrogens is 2. The highest BCUT2D eigenvalue weighted by Gasteiger charge is 2.34. The molecule has 3 heterocycles. The zero-order valence-corrected chi connectivity index (χ0v) is 17.1. The van der Waals surface area contributed by atoms with Crippen LogP contribution >= 0.6 is 11.6 Å². The molecule has 0 radical (unpaired) electrons. The molecular formula is C22H19ClN4O2. The second kappa shape index (κ2) is 7.29. The second-order valence-electron chi connectivity index (χ2n) is 7.06. The smallest absolute Gasteiger partial charge is 0.303 e. The molecule has 2 aromatic heterocycles. The van der Waals surface area contributed by atoms with Gasteiger partial charge in [-0.2, -0.15) is 4.99 Å². The van der Waals surface area contributed by atoms with Crippen LogP contribution in [-0.2, 0) is 11.2 Å². The monoisotopic (exact) mass is 406 g/mol. The van der Waals surface area contributed by atoms with E-state index in [4.69, 9.17) is 11.6 Å². The molecule has 1 aliphatic heterocycles. The van der Waals surface area contributed by atoms with Crippen LogP contribution < -0.4 is 4.90 Å². The highest BCUT2D eigenvalue weighted by Crippen LogP contribution is 2.25. The highest BCUT2D eigenvalue weighted by atomic mass is 35.5. The number of urea groups is 1. The average molecular weight is 407 g/mol. The Labute approximate surface area is 173 Å². The van der Waals surface area contributed by atoms with Crippen LogP contribution in [0.3, 0.4) is 0 Å². The number of amides is 3. The van der Waals surface area contributed by atoms with Crippen LogP contribution in [0.15, 0.2) is 53.7 Å². The van der Waals surface area contributed by atoms with Crippen molar-refractivity contribution in [2.24, 2.45) is 4.99 Å². The molecule has 1 aromatic carbocycles. The minimum Gasteiger partial charge on any atom is -0.303 e.